The van der Waals surface area contributed by atoms with E-state index >= 15 is 0 Å². The number of aryl methyl sites for hydroxylation is 6. The fourth-order valence-corrected chi connectivity index (χ4v) is 22.8. The Kier molecular flexibility index (Phi) is 28.9. The molecule has 140 heavy (non-hydrogen) atoms. The maximum atomic E-state index is 10.7. The minimum Gasteiger partial charge on any atom is -0.354 e. The molecular formula is C120H97F3N10O3P2PdS. The molecule has 0 aliphatic carbocycles. The van der Waals surface area contributed by atoms with Gasteiger partial charge in [0.25, 0.3) is 0 Å². The summed E-state index contributed by atoms with van der Waals surface area (Å²) in [5.41, 5.74) is 33.6. The molecule has 0 fully saturated rings. The Bertz CT molecular complexity index is 7540. The molecule has 0 atom stereocenters. The molecule has 0 unspecified atom stereocenters. The van der Waals surface area contributed by atoms with Crippen LogP contribution in [0.5, 0.6) is 0 Å². The molecule has 4 aliphatic rings. The van der Waals surface area contributed by atoms with Gasteiger partial charge in [0.1, 0.15) is 0 Å². The van der Waals surface area contributed by atoms with Crippen molar-refractivity contribution in [3.05, 3.63) is 443 Å². The van der Waals surface area contributed by atoms with Gasteiger partial charge in [-0.15, -0.1) is 0 Å². The molecule has 0 saturated heterocycles. The first kappa shape index (κ1) is 95.2. The summed E-state index contributed by atoms with van der Waals surface area (Å²) in [5.74, 6) is 0. The van der Waals surface area contributed by atoms with E-state index in [1.807, 2.05) is 49.1 Å². The molecule has 10 aromatic carbocycles. The first-order valence-electron chi connectivity index (χ1n) is 46.0. The summed E-state index contributed by atoms with van der Waals surface area (Å²) in [6.45, 7) is 12.7. The molecule has 0 spiro atoms. The van der Waals surface area contributed by atoms with Crippen molar-refractivity contribution in [3.63, 3.8) is 0 Å². The van der Waals surface area contributed by atoms with Gasteiger partial charge in [-0.2, -0.15) is 21.6 Å². The molecule has 12 heterocycles. The molecule has 4 aliphatic heterocycles. The van der Waals surface area contributed by atoms with Gasteiger partial charge in [0.15, 0.2) is 0 Å². The van der Waals surface area contributed by atoms with Crippen LogP contribution in [0.3, 0.4) is 0 Å². The Balaban J connectivity index is 0.000000138. The number of aromatic nitrogens is 10. The monoisotopic (exact) mass is 1980 g/mol. The van der Waals surface area contributed by atoms with E-state index in [1.54, 1.807) is 0 Å². The van der Waals surface area contributed by atoms with E-state index in [0.717, 1.165) is 179 Å². The smallest absolute Gasteiger partial charge is 0.354 e. The van der Waals surface area contributed by atoms with Gasteiger partial charge >= 0.3 is 15.6 Å². The summed E-state index contributed by atoms with van der Waals surface area (Å²) in [6.07, 6.45) is 28.1. The summed E-state index contributed by atoms with van der Waals surface area (Å²) < 4.78 is 57.5. The molecule has 5 N–H and O–H groups in total. The number of alkyl halides is 3. The minimum absolute atomic E-state index is 0. The standard InChI is InChI=1S/2C46H35N5.C27H26P2.CHF3O3S.Pd/c2*1-28-4-10-31(11-5-28)43-35-16-18-37(48-35)44(32-12-6-29(2)7-13-32)39-20-22-41(50-39)46(34-24-26-47-27-25-34)42-23-21-40(51-42)45(38-19-17-36(43)49-38)33-14-8-30(3)9-15-33;1-5-14-24(15-6-1)28(25-16-7-2-8-17-25)22-13-23-29(26-18-9-3-10-19-26)27-20-11-4-12-21-27;2-1(3,4)8(5,6)7;/h2*4-27,48,51H,1-3H3;1-12,14-21H,13,22-23H2;(H,5,6,7);. The van der Waals surface area contributed by atoms with E-state index in [-0.39, 0.29) is 36.3 Å². The van der Waals surface area contributed by atoms with Gasteiger partial charge in [-0.05, 0) is 263 Å². The van der Waals surface area contributed by atoms with E-state index in [4.69, 9.17) is 32.9 Å². The molecule has 0 saturated carbocycles. The Labute approximate surface area is 828 Å². The molecule has 22 rings (SSSR count). The van der Waals surface area contributed by atoms with Crippen LogP contribution in [-0.4, -0.2) is 80.6 Å². The number of benzene rings is 10. The third-order valence-electron chi connectivity index (χ3n) is 24.8. The Morgan fingerprint density at radius 3 is 0.564 bits per heavy atom. The molecule has 16 bridgehead atoms. The van der Waals surface area contributed by atoms with Crippen molar-refractivity contribution in [2.45, 2.75) is 53.5 Å². The minimum atomic E-state index is -5.84. The predicted octanol–water partition coefficient (Wildman–Crippen LogP) is 29.3. The number of aromatic amines is 4. The van der Waals surface area contributed by atoms with Crippen LogP contribution in [0.4, 0.5) is 13.2 Å². The molecule has 18 aromatic rings. The number of hydrogen-bond donors (Lipinski definition) is 5. The first-order valence-corrected chi connectivity index (χ1v) is 50.5. The first-order chi connectivity index (χ1) is 67.6. The van der Waals surface area contributed by atoms with Crippen LogP contribution >= 0.6 is 15.8 Å². The van der Waals surface area contributed by atoms with Crippen LogP contribution in [0, 0.1) is 41.5 Å². The molecule has 692 valence electrons. The zero-order valence-electron chi connectivity index (χ0n) is 77.6. The number of fused-ring (bicyclic) bond motifs is 16. The molecule has 20 heteroatoms. The molecule has 13 nitrogen and oxygen atoms in total. The van der Waals surface area contributed by atoms with E-state index in [0.29, 0.717) is 0 Å². The molecular weight excluding hydrogens is 1890 g/mol. The van der Waals surface area contributed by atoms with Crippen molar-refractivity contribution >= 4 is 140 Å². The van der Waals surface area contributed by atoms with Gasteiger partial charge < -0.3 is 19.9 Å². The van der Waals surface area contributed by atoms with Gasteiger partial charge in [0.05, 0.1) is 45.6 Å². The number of rotatable bonds is 16. The van der Waals surface area contributed by atoms with Crippen LogP contribution in [0.25, 0.3) is 182 Å². The average Bonchev–Trinajstić information content (AvgIpc) is 1.61. The van der Waals surface area contributed by atoms with Crippen molar-refractivity contribution in [2.75, 3.05) is 12.3 Å². The van der Waals surface area contributed by atoms with Gasteiger partial charge in [0.2, 0.25) is 0 Å². The maximum absolute atomic E-state index is 10.7. The van der Waals surface area contributed by atoms with Crippen LogP contribution in [0.1, 0.15) is 85.4 Å². The Morgan fingerprint density at radius 2 is 0.407 bits per heavy atom. The van der Waals surface area contributed by atoms with Crippen LogP contribution < -0.4 is 21.2 Å². The van der Waals surface area contributed by atoms with E-state index in [1.165, 1.54) is 73.3 Å². The van der Waals surface area contributed by atoms with Gasteiger partial charge in [0, 0.05) is 134 Å². The third-order valence-corrected chi connectivity index (χ3v) is 30.6. The zero-order chi connectivity index (χ0) is 95.7. The fraction of sp³-hybridized carbons (Fsp3) is 0.0833. The predicted molar refractivity (Wildman–Crippen MR) is 575 cm³/mol. The number of nitrogens with one attached hydrogen (secondary N) is 4. The molecule has 0 amide bonds. The zero-order valence-corrected chi connectivity index (χ0v) is 81.7. The van der Waals surface area contributed by atoms with Gasteiger partial charge in [-0.25, -0.2) is 19.9 Å². The molecule has 8 aromatic heterocycles. The van der Waals surface area contributed by atoms with Crippen molar-refractivity contribution in [1.29, 1.82) is 0 Å². The SMILES string of the molecule is Cc1ccc(-c2c3nc(c(-c4ccc(C)cc4)c4ccc([nH]4)c(-c4ccc(C)cc4)c4nc(c(-c5ccncc5)c5ccc2[nH]5)C=C4)C=C3)cc1.Cc1ccc(-c2c3nc(c(-c4ccc(C)cc4)c4ccc([nH]4)c(-c4ccc(C)cc4)c4nc(c(-c5ccncc5)c5ccc2[nH]5)C=C4)C=C3)cc1.O=S(=O)(O)C(F)(F)F.[Pd].c1ccc(P(CCCP(c2ccccc2)c2ccccc2)c2ccccc2)cc1. The summed E-state index contributed by atoms with van der Waals surface area (Å²) in [6, 6.07) is 122. The number of pyridine rings is 2. The van der Waals surface area contributed by atoms with Gasteiger partial charge in [-0.1, -0.05) is 300 Å². The normalized spacial score (nSPS) is 11.9. The Morgan fingerprint density at radius 1 is 0.250 bits per heavy atom. The second-order valence-corrected chi connectivity index (χ2v) is 40.7. The van der Waals surface area contributed by atoms with Crippen LogP contribution in [-0.2, 0) is 30.5 Å². The second-order valence-electron chi connectivity index (χ2n) is 34.6. The topological polar surface area (TPSA) is 195 Å². The fourth-order valence-electron chi connectivity index (χ4n) is 17.8. The quantitative estimate of drug-likeness (QED) is 0.0271. The van der Waals surface area contributed by atoms with E-state index < -0.39 is 15.6 Å². The Hall–Kier alpha value is -15.1. The van der Waals surface area contributed by atoms with Crippen LogP contribution in [0.2, 0.25) is 0 Å². The van der Waals surface area contributed by atoms with E-state index in [9.17, 15) is 13.2 Å². The largest absolute Gasteiger partial charge is 0.522 e. The van der Waals surface area contributed by atoms with Crippen LogP contribution in [0.15, 0.2) is 365 Å². The summed E-state index contributed by atoms with van der Waals surface area (Å²) in [7, 11) is -6.46. The number of hydrogen-bond acceptors (Lipinski definition) is 8. The van der Waals surface area contributed by atoms with Crippen molar-refractivity contribution in [2.24, 2.45) is 0 Å². The number of H-pyrrole nitrogens is 4. The summed E-state index contributed by atoms with van der Waals surface area (Å²) >= 11 is 0. The third kappa shape index (κ3) is 21.4. The number of halogens is 3. The van der Waals surface area contributed by atoms with Gasteiger partial charge in [-0.3, -0.25) is 14.5 Å². The average molecular weight is 1980 g/mol. The van der Waals surface area contributed by atoms with E-state index in [2.05, 4.69) is 436 Å². The van der Waals surface area contributed by atoms with Crippen molar-refractivity contribution in [3.8, 4) is 89.0 Å². The maximum Gasteiger partial charge on any atom is 0.522 e. The number of nitrogens with zero attached hydrogens (tertiary/aromatic N) is 6. The second kappa shape index (κ2) is 42.5. The summed E-state index contributed by atoms with van der Waals surface area (Å²) in [5, 5.41) is 5.94. The van der Waals surface area contributed by atoms with Crippen molar-refractivity contribution < 1.29 is 46.6 Å². The molecule has 0 radical (unpaired) electrons. The van der Waals surface area contributed by atoms with Crippen molar-refractivity contribution in [1.82, 2.24) is 49.8 Å². The summed E-state index contributed by atoms with van der Waals surface area (Å²) in [4.78, 5) is 45.5.